The number of hydrogen-bond acceptors (Lipinski definition) is 1. The Kier molecular flexibility index (Phi) is 6.76. The molecular weight excluding hydrogens is 487 g/mol. The van der Waals surface area contributed by atoms with Gasteiger partial charge in [0.25, 0.3) is 0 Å². The van der Waals surface area contributed by atoms with Crippen molar-refractivity contribution in [2.45, 2.75) is 0 Å². The molecule has 0 fully saturated rings. The van der Waals surface area contributed by atoms with E-state index in [-0.39, 0.29) is 0 Å². The van der Waals surface area contributed by atoms with Gasteiger partial charge in [-0.3, -0.25) is 0 Å². The molecule has 0 atom stereocenters. The van der Waals surface area contributed by atoms with Gasteiger partial charge in [0.1, 0.15) is 0 Å². The number of benzene rings is 4. The molecule has 152 valence electrons. The van der Waals surface area contributed by atoms with E-state index >= 15 is 4.57 Å². The molecular formula is C27H19BrClOP. The molecule has 0 bridgehead atoms. The summed E-state index contributed by atoms with van der Waals surface area (Å²) in [5, 5.41) is 2.74. The quantitative estimate of drug-likeness (QED) is 0.200. The third kappa shape index (κ3) is 4.69. The van der Waals surface area contributed by atoms with E-state index in [1.54, 1.807) is 0 Å². The number of halogens is 2. The second kappa shape index (κ2) is 9.69. The van der Waals surface area contributed by atoms with E-state index in [0.717, 1.165) is 26.2 Å². The minimum atomic E-state index is -3.23. The van der Waals surface area contributed by atoms with E-state index in [9.17, 15) is 0 Å². The first-order valence-electron chi connectivity index (χ1n) is 9.78. The zero-order valence-electron chi connectivity index (χ0n) is 16.6. The fourth-order valence-electron chi connectivity index (χ4n) is 3.40. The molecule has 4 heteroatoms. The summed E-state index contributed by atoms with van der Waals surface area (Å²) < 4.78 is 15.8. The molecule has 0 amide bonds. The van der Waals surface area contributed by atoms with Gasteiger partial charge < -0.3 is 4.57 Å². The van der Waals surface area contributed by atoms with Crippen molar-refractivity contribution in [3.63, 3.8) is 0 Å². The standard InChI is InChI=1S/C27H19BrClOP/c28-26-20-22(29)17-18-25(26)27(19-16-21-10-4-1-5-11-21)31(30,23-12-6-2-7-13-23)24-14-8-3-9-15-24/h1-18,20H. The maximum atomic E-state index is 15.0. The summed E-state index contributed by atoms with van der Waals surface area (Å²) in [6.07, 6.45) is 1.88. The van der Waals surface area contributed by atoms with Crippen LogP contribution in [0.4, 0.5) is 0 Å². The molecule has 4 rings (SSSR count). The molecule has 0 aliphatic carbocycles. The van der Waals surface area contributed by atoms with Crippen LogP contribution in [-0.2, 0) is 4.57 Å². The van der Waals surface area contributed by atoms with Crippen LogP contribution in [0.3, 0.4) is 0 Å². The Morgan fingerprint density at radius 3 is 1.81 bits per heavy atom. The van der Waals surface area contributed by atoms with Gasteiger partial charge in [0.2, 0.25) is 0 Å². The van der Waals surface area contributed by atoms with Crippen LogP contribution in [0.15, 0.2) is 119 Å². The summed E-state index contributed by atoms with van der Waals surface area (Å²) in [6.45, 7) is 0. The summed E-state index contributed by atoms with van der Waals surface area (Å²) in [4.78, 5) is 0. The van der Waals surface area contributed by atoms with Crippen molar-refractivity contribution in [2.75, 3.05) is 0 Å². The van der Waals surface area contributed by atoms with Gasteiger partial charge in [0, 0.05) is 25.7 Å². The van der Waals surface area contributed by atoms with Gasteiger partial charge in [-0.15, -0.1) is 5.73 Å². The van der Waals surface area contributed by atoms with Crippen LogP contribution in [0.25, 0.3) is 11.4 Å². The van der Waals surface area contributed by atoms with Crippen molar-refractivity contribution < 1.29 is 4.57 Å². The lowest BCUT2D eigenvalue weighted by Crippen LogP contribution is -2.17. The summed E-state index contributed by atoms with van der Waals surface area (Å²) in [5.74, 6) is 0. The summed E-state index contributed by atoms with van der Waals surface area (Å²) in [6, 6.07) is 34.6. The van der Waals surface area contributed by atoms with Crippen molar-refractivity contribution in [2.24, 2.45) is 0 Å². The van der Waals surface area contributed by atoms with E-state index < -0.39 is 7.14 Å². The minimum absolute atomic E-state index is 0.608. The van der Waals surface area contributed by atoms with Crippen molar-refractivity contribution in [1.29, 1.82) is 0 Å². The average Bonchev–Trinajstić information content (AvgIpc) is 2.82. The van der Waals surface area contributed by atoms with E-state index in [4.69, 9.17) is 11.6 Å². The highest BCUT2D eigenvalue weighted by molar-refractivity contribution is 9.10. The summed E-state index contributed by atoms with van der Waals surface area (Å²) in [5.41, 5.74) is 5.19. The molecule has 0 heterocycles. The van der Waals surface area contributed by atoms with E-state index in [0.29, 0.717) is 10.3 Å². The monoisotopic (exact) mass is 504 g/mol. The number of rotatable bonds is 5. The zero-order chi connectivity index (χ0) is 21.7. The summed E-state index contributed by atoms with van der Waals surface area (Å²) >= 11 is 9.84. The molecule has 0 aliphatic rings. The lowest BCUT2D eigenvalue weighted by molar-refractivity contribution is 0.593. The predicted molar refractivity (Wildman–Crippen MR) is 137 cm³/mol. The maximum Gasteiger partial charge on any atom is 0.179 e. The Balaban J connectivity index is 2.07. The highest BCUT2D eigenvalue weighted by atomic mass is 79.9. The van der Waals surface area contributed by atoms with Crippen LogP contribution in [0.2, 0.25) is 5.02 Å². The smallest absolute Gasteiger partial charge is 0.179 e. The van der Waals surface area contributed by atoms with Crippen molar-refractivity contribution in [3.05, 3.63) is 136 Å². The zero-order valence-corrected chi connectivity index (χ0v) is 19.8. The van der Waals surface area contributed by atoms with Gasteiger partial charge in [-0.2, -0.15) is 0 Å². The van der Waals surface area contributed by atoms with Gasteiger partial charge in [-0.1, -0.05) is 125 Å². The summed E-state index contributed by atoms with van der Waals surface area (Å²) in [7, 11) is -3.23. The average molecular weight is 506 g/mol. The van der Waals surface area contributed by atoms with Crippen molar-refractivity contribution in [1.82, 2.24) is 0 Å². The topological polar surface area (TPSA) is 17.1 Å². The molecule has 0 saturated heterocycles. The van der Waals surface area contributed by atoms with E-state index in [2.05, 4.69) is 21.7 Å². The first-order valence-corrected chi connectivity index (χ1v) is 12.7. The second-order valence-electron chi connectivity index (χ2n) is 6.95. The molecule has 31 heavy (non-hydrogen) atoms. The van der Waals surface area contributed by atoms with Crippen molar-refractivity contribution >= 4 is 56.7 Å². The molecule has 0 radical (unpaired) electrons. The van der Waals surface area contributed by atoms with Crippen molar-refractivity contribution in [3.8, 4) is 0 Å². The maximum absolute atomic E-state index is 15.0. The Hall–Kier alpha value is -2.60. The van der Waals surface area contributed by atoms with Gasteiger partial charge >= 0.3 is 0 Å². The third-order valence-corrected chi connectivity index (χ3v) is 8.86. The first-order chi connectivity index (χ1) is 15.1. The van der Waals surface area contributed by atoms with E-state index in [1.165, 1.54) is 0 Å². The van der Waals surface area contributed by atoms with Gasteiger partial charge in [0.15, 0.2) is 7.14 Å². The molecule has 4 aromatic rings. The molecule has 0 aliphatic heterocycles. The van der Waals surface area contributed by atoms with Gasteiger partial charge in [-0.25, -0.2) is 0 Å². The molecule has 1 nitrogen and oxygen atoms in total. The second-order valence-corrected chi connectivity index (χ2v) is 10.9. The Bertz CT molecular complexity index is 1250. The third-order valence-electron chi connectivity index (χ3n) is 4.92. The minimum Gasteiger partial charge on any atom is -0.308 e. The molecule has 0 spiro atoms. The molecule has 4 aromatic carbocycles. The number of hydrogen-bond donors (Lipinski definition) is 0. The van der Waals surface area contributed by atoms with E-state index in [1.807, 2.05) is 115 Å². The highest BCUT2D eigenvalue weighted by Gasteiger charge is 2.33. The first kappa shape index (κ1) is 21.6. The molecule has 0 N–H and O–H groups in total. The largest absolute Gasteiger partial charge is 0.308 e. The molecule has 0 saturated carbocycles. The highest BCUT2D eigenvalue weighted by Crippen LogP contribution is 2.57. The SMILES string of the molecule is O=P(C(=C=Cc1ccccc1)c1ccc(Cl)cc1Br)(c1ccccc1)c1ccccc1. The molecule has 0 aromatic heterocycles. The lowest BCUT2D eigenvalue weighted by Gasteiger charge is -2.22. The lowest BCUT2D eigenvalue weighted by atomic mass is 10.2. The van der Waals surface area contributed by atoms with Crippen LogP contribution in [0.1, 0.15) is 11.1 Å². The molecule has 0 unspecified atom stereocenters. The Morgan fingerprint density at radius 1 is 0.774 bits per heavy atom. The Morgan fingerprint density at radius 2 is 1.29 bits per heavy atom. The van der Waals surface area contributed by atoms with Crippen LogP contribution in [0.5, 0.6) is 0 Å². The normalized spacial score (nSPS) is 10.9. The van der Waals surface area contributed by atoms with Gasteiger partial charge in [-0.05, 0) is 23.8 Å². The predicted octanol–water partition coefficient (Wildman–Crippen LogP) is 7.77. The van der Waals surface area contributed by atoms with Crippen LogP contribution in [0, 0.1) is 0 Å². The van der Waals surface area contributed by atoms with Crippen LogP contribution in [-0.4, -0.2) is 0 Å². The fraction of sp³-hybridized carbons (Fsp3) is 0. The van der Waals surface area contributed by atoms with Crippen LogP contribution >= 0.6 is 34.7 Å². The Labute approximate surface area is 196 Å². The fourth-order valence-corrected chi connectivity index (χ4v) is 7.22. The van der Waals surface area contributed by atoms with Crippen LogP contribution < -0.4 is 10.6 Å². The van der Waals surface area contributed by atoms with Gasteiger partial charge in [0.05, 0.1) is 5.31 Å².